The van der Waals surface area contributed by atoms with Crippen molar-refractivity contribution in [2.24, 2.45) is 0 Å². The first-order valence-corrected chi connectivity index (χ1v) is 6.09. The van der Waals surface area contributed by atoms with Crippen LogP contribution >= 0.6 is 11.6 Å². The molecule has 4 nitrogen and oxygen atoms in total. The van der Waals surface area contributed by atoms with Crippen molar-refractivity contribution in [3.05, 3.63) is 52.5 Å². The van der Waals surface area contributed by atoms with E-state index in [1.165, 1.54) is 18.2 Å². The van der Waals surface area contributed by atoms with Gasteiger partial charge in [-0.05, 0) is 19.1 Å². The van der Waals surface area contributed by atoms with Crippen LogP contribution < -0.4 is 5.32 Å². The molecule has 1 heterocycles. The fourth-order valence-electron chi connectivity index (χ4n) is 1.60. The van der Waals surface area contributed by atoms with Gasteiger partial charge in [0.2, 0.25) is 0 Å². The smallest absolute Gasteiger partial charge is 0.255 e. The molecule has 1 aromatic heterocycles. The average Bonchev–Trinajstić information content (AvgIpc) is 2.75. The van der Waals surface area contributed by atoms with Crippen molar-refractivity contribution in [3.63, 3.8) is 0 Å². The third-order valence-electron chi connectivity index (χ3n) is 2.48. The molecule has 0 bridgehead atoms. The van der Waals surface area contributed by atoms with E-state index in [4.69, 9.17) is 16.0 Å². The summed E-state index contributed by atoms with van der Waals surface area (Å²) in [7, 11) is 0. The van der Waals surface area contributed by atoms with Gasteiger partial charge in [0, 0.05) is 13.0 Å². The highest BCUT2D eigenvalue weighted by Crippen LogP contribution is 2.18. The second-order valence-corrected chi connectivity index (χ2v) is 4.37. The van der Waals surface area contributed by atoms with Gasteiger partial charge in [0.1, 0.15) is 11.6 Å². The predicted octanol–water partition coefficient (Wildman–Crippen LogP) is 2.75. The van der Waals surface area contributed by atoms with Crippen LogP contribution in [0.3, 0.4) is 0 Å². The van der Waals surface area contributed by atoms with Gasteiger partial charge in [-0.3, -0.25) is 4.79 Å². The van der Waals surface area contributed by atoms with Gasteiger partial charge in [-0.2, -0.15) is 0 Å². The molecule has 0 spiro atoms. The minimum Gasteiger partial charge on any atom is -0.446 e. The summed E-state index contributed by atoms with van der Waals surface area (Å²) in [5.41, 5.74) is -0.146. The van der Waals surface area contributed by atoms with Gasteiger partial charge in [0.05, 0.1) is 16.8 Å². The zero-order chi connectivity index (χ0) is 13.8. The molecular formula is C13H12ClFN2O2. The minimum absolute atomic E-state index is 0.0875. The van der Waals surface area contributed by atoms with E-state index < -0.39 is 11.7 Å². The molecule has 2 rings (SSSR count). The predicted molar refractivity (Wildman–Crippen MR) is 68.7 cm³/mol. The van der Waals surface area contributed by atoms with Gasteiger partial charge in [-0.1, -0.05) is 17.7 Å². The Labute approximate surface area is 114 Å². The SMILES string of the molecule is Cc1cnc(CCNC(=O)c2c(F)cccc2Cl)o1. The van der Waals surface area contributed by atoms with E-state index in [1.54, 1.807) is 13.1 Å². The number of carbonyl (C=O) groups is 1. The molecule has 0 unspecified atom stereocenters. The first-order chi connectivity index (χ1) is 9.08. The number of amides is 1. The van der Waals surface area contributed by atoms with Gasteiger partial charge in [-0.25, -0.2) is 9.37 Å². The molecule has 2 aromatic rings. The fraction of sp³-hybridized carbons (Fsp3) is 0.231. The summed E-state index contributed by atoms with van der Waals surface area (Å²) in [6.45, 7) is 2.08. The quantitative estimate of drug-likeness (QED) is 0.938. The van der Waals surface area contributed by atoms with Gasteiger partial charge >= 0.3 is 0 Å². The summed E-state index contributed by atoms with van der Waals surface area (Å²) in [4.78, 5) is 15.8. The molecule has 0 saturated heterocycles. The van der Waals surface area contributed by atoms with Gasteiger partial charge in [0.25, 0.3) is 5.91 Å². The molecule has 0 saturated carbocycles. The Morgan fingerprint density at radius 2 is 2.32 bits per heavy atom. The molecular weight excluding hydrogens is 271 g/mol. The maximum Gasteiger partial charge on any atom is 0.255 e. The number of oxazole rings is 1. The fourth-order valence-corrected chi connectivity index (χ4v) is 1.85. The molecule has 0 aliphatic carbocycles. The zero-order valence-electron chi connectivity index (χ0n) is 10.2. The van der Waals surface area contributed by atoms with E-state index in [-0.39, 0.29) is 10.6 Å². The number of rotatable bonds is 4. The van der Waals surface area contributed by atoms with E-state index in [0.29, 0.717) is 24.6 Å². The molecule has 0 aliphatic heterocycles. The third kappa shape index (κ3) is 3.32. The molecule has 0 aliphatic rings. The molecule has 19 heavy (non-hydrogen) atoms. The average molecular weight is 283 g/mol. The Bertz CT molecular complexity index is 578. The second kappa shape index (κ2) is 5.84. The van der Waals surface area contributed by atoms with Crippen LogP contribution in [0.15, 0.2) is 28.8 Å². The normalized spacial score (nSPS) is 10.5. The van der Waals surface area contributed by atoms with Crippen LogP contribution in [0.5, 0.6) is 0 Å². The first kappa shape index (κ1) is 13.5. The van der Waals surface area contributed by atoms with E-state index in [9.17, 15) is 9.18 Å². The van der Waals surface area contributed by atoms with Crippen molar-refractivity contribution in [3.8, 4) is 0 Å². The van der Waals surface area contributed by atoms with Crippen LogP contribution in [0.1, 0.15) is 22.0 Å². The maximum absolute atomic E-state index is 13.5. The van der Waals surface area contributed by atoms with Gasteiger partial charge in [-0.15, -0.1) is 0 Å². The summed E-state index contributed by atoms with van der Waals surface area (Å²) < 4.78 is 18.7. The molecule has 0 atom stereocenters. The highest BCUT2D eigenvalue weighted by atomic mass is 35.5. The Morgan fingerprint density at radius 3 is 2.95 bits per heavy atom. The lowest BCUT2D eigenvalue weighted by atomic mass is 10.2. The van der Waals surface area contributed by atoms with Gasteiger partial charge < -0.3 is 9.73 Å². The molecule has 0 fully saturated rings. The summed E-state index contributed by atoms with van der Waals surface area (Å²) in [5.74, 6) is 0.0410. The number of aryl methyl sites for hydroxylation is 1. The van der Waals surface area contributed by atoms with Crippen molar-refractivity contribution in [2.75, 3.05) is 6.54 Å². The maximum atomic E-state index is 13.5. The van der Waals surface area contributed by atoms with Crippen LogP contribution in [0.4, 0.5) is 4.39 Å². The van der Waals surface area contributed by atoms with Crippen molar-refractivity contribution >= 4 is 17.5 Å². The van der Waals surface area contributed by atoms with E-state index in [0.717, 1.165) is 0 Å². The third-order valence-corrected chi connectivity index (χ3v) is 2.80. The summed E-state index contributed by atoms with van der Waals surface area (Å²) in [6.07, 6.45) is 2.04. The first-order valence-electron chi connectivity index (χ1n) is 5.71. The van der Waals surface area contributed by atoms with Crippen molar-refractivity contribution in [2.45, 2.75) is 13.3 Å². The van der Waals surface area contributed by atoms with Crippen LogP contribution in [0.25, 0.3) is 0 Å². The lowest BCUT2D eigenvalue weighted by molar-refractivity contribution is 0.0950. The number of halogens is 2. The Balaban J connectivity index is 1.94. The lowest BCUT2D eigenvalue weighted by Gasteiger charge is -2.06. The van der Waals surface area contributed by atoms with Crippen LogP contribution in [0, 0.1) is 12.7 Å². The second-order valence-electron chi connectivity index (χ2n) is 3.97. The number of hydrogen-bond acceptors (Lipinski definition) is 3. The molecule has 0 radical (unpaired) electrons. The Morgan fingerprint density at radius 1 is 1.53 bits per heavy atom. The topological polar surface area (TPSA) is 55.1 Å². The van der Waals surface area contributed by atoms with E-state index in [2.05, 4.69) is 10.3 Å². The zero-order valence-corrected chi connectivity index (χ0v) is 11.0. The largest absolute Gasteiger partial charge is 0.446 e. The van der Waals surface area contributed by atoms with Crippen molar-refractivity contribution < 1.29 is 13.6 Å². The number of nitrogens with zero attached hydrogens (tertiary/aromatic N) is 1. The van der Waals surface area contributed by atoms with Crippen molar-refractivity contribution in [1.82, 2.24) is 10.3 Å². The monoisotopic (exact) mass is 282 g/mol. The van der Waals surface area contributed by atoms with Crippen LogP contribution in [-0.4, -0.2) is 17.4 Å². The number of hydrogen-bond donors (Lipinski definition) is 1. The van der Waals surface area contributed by atoms with Crippen LogP contribution in [-0.2, 0) is 6.42 Å². The summed E-state index contributed by atoms with van der Waals surface area (Å²) >= 11 is 5.79. The van der Waals surface area contributed by atoms with E-state index >= 15 is 0 Å². The molecule has 1 amide bonds. The number of nitrogens with one attached hydrogen (secondary N) is 1. The molecule has 100 valence electrons. The highest BCUT2D eigenvalue weighted by Gasteiger charge is 2.15. The summed E-state index contributed by atoms with van der Waals surface area (Å²) in [6, 6.07) is 4.11. The standard InChI is InChI=1S/C13H12ClFN2O2/c1-8-7-17-11(19-8)5-6-16-13(18)12-9(14)3-2-4-10(12)15/h2-4,7H,5-6H2,1H3,(H,16,18). The Kier molecular flexibility index (Phi) is 4.16. The Hall–Kier alpha value is -1.88. The van der Waals surface area contributed by atoms with Gasteiger partial charge in [0.15, 0.2) is 5.89 Å². The molecule has 1 aromatic carbocycles. The number of aromatic nitrogens is 1. The number of benzene rings is 1. The summed E-state index contributed by atoms with van der Waals surface area (Å²) in [5, 5.41) is 2.66. The molecule has 1 N–H and O–H groups in total. The van der Waals surface area contributed by atoms with Crippen LogP contribution in [0.2, 0.25) is 5.02 Å². The number of carbonyl (C=O) groups excluding carboxylic acids is 1. The van der Waals surface area contributed by atoms with Crippen molar-refractivity contribution in [1.29, 1.82) is 0 Å². The molecule has 6 heteroatoms. The minimum atomic E-state index is -0.642. The lowest BCUT2D eigenvalue weighted by Crippen LogP contribution is -2.27. The van der Waals surface area contributed by atoms with E-state index in [1.807, 2.05) is 0 Å². The highest BCUT2D eigenvalue weighted by molar-refractivity contribution is 6.33.